The number of carbonyl (C=O) groups excluding carboxylic acids is 1. The first kappa shape index (κ1) is 34.3. The third-order valence-electron chi connectivity index (χ3n) is 8.80. The molecular formula is C36H45IrN2O2-. The molecule has 0 bridgehead atoms. The second-order valence-corrected chi connectivity index (χ2v) is 11.5. The molecule has 0 unspecified atom stereocenters. The normalized spacial score (nSPS) is 12.1. The zero-order valence-electron chi connectivity index (χ0n) is 26.1. The fourth-order valence-electron chi connectivity index (χ4n) is 4.99. The minimum Gasteiger partial charge on any atom is -0.512 e. The zero-order chi connectivity index (χ0) is 29.7. The van der Waals surface area contributed by atoms with E-state index in [2.05, 4.69) is 49.2 Å². The first-order valence-electron chi connectivity index (χ1n) is 14.5. The monoisotopic (exact) mass is 730 g/mol. The minimum absolute atomic E-state index is 0. The van der Waals surface area contributed by atoms with Crippen molar-refractivity contribution in [3.63, 3.8) is 0 Å². The van der Waals surface area contributed by atoms with Crippen molar-refractivity contribution >= 4 is 27.5 Å². The Labute approximate surface area is 260 Å². The van der Waals surface area contributed by atoms with E-state index in [1.54, 1.807) is 0 Å². The van der Waals surface area contributed by atoms with Gasteiger partial charge in [0.05, 0.1) is 5.52 Å². The van der Waals surface area contributed by atoms with Gasteiger partial charge in [0.15, 0.2) is 5.78 Å². The van der Waals surface area contributed by atoms with Crippen molar-refractivity contribution in [3.8, 4) is 11.3 Å². The van der Waals surface area contributed by atoms with Crippen LogP contribution in [0.15, 0.2) is 60.4 Å². The predicted octanol–water partition coefficient (Wildman–Crippen LogP) is 9.82. The average Bonchev–Trinajstić information content (AvgIpc) is 2.95. The number of nitrogens with zero attached hydrogens (tertiary/aromatic N) is 2. The van der Waals surface area contributed by atoms with E-state index in [4.69, 9.17) is 4.98 Å². The van der Waals surface area contributed by atoms with Crippen LogP contribution in [-0.4, -0.2) is 20.9 Å². The zero-order valence-corrected chi connectivity index (χ0v) is 28.5. The molecule has 0 aliphatic carbocycles. The van der Waals surface area contributed by atoms with Gasteiger partial charge in [0, 0.05) is 42.4 Å². The topological polar surface area (TPSA) is 63.1 Å². The largest absolute Gasteiger partial charge is 0.512 e. The number of rotatable bonds is 8. The quantitative estimate of drug-likeness (QED) is 0.0849. The van der Waals surface area contributed by atoms with Crippen molar-refractivity contribution in [2.45, 2.75) is 88.0 Å². The van der Waals surface area contributed by atoms with Crippen molar-refractivity contribution in [2.24, 2.45) is 10.8 Å². The van der Waals surface area contributed by atoms with Crippen LogP contribution in [0.5, 0.6) is 0 Å². The summed E-state index contributed by atoms with van der Waals surface area (Å²) in [6.07, 6.45) is 4.75. The molecule has 0 fully saturated rings. The van der Waals surface area contributed by atoms with Crippen LogP contribution in [0, 0.1) is 37.7 Å². The smallest absolute Gasteiger partial charge is 0.164 e. The molecule has 0 atom stereocenters. The third kappa shape index (κ3) is 7.50. The molecule has 4 aromatic rings. The van der Waals surface area contributed by atoms with E-state index in [0.717, 1.165) is 53.7 Å². The van der Waals surface area contributed by atoms with Crippen molar-refractivity contribution in [1.29, 1.82) is 0 Å². The summed E-state index contributed by atoms with van der Waals surface area (Å²) in [6, 6.07) is 20.0. The van der Waals surface area contributed by atoms with Crippen molar-refractivity contribution in [2.75, 3.05) is 0 Å². The molecule has 4 nitrogen and oxygen atoms in total. The number of fused-ring (bicyclic) bond motifs is 3. The summed E-state index contributed by atoms with van der Waals surface area (Å²) in [6.45, 7) is 18.3. The van der Waals surface area contributed by atoms with Crippen LogP contribution in [0.2, 0.25) is 0 Å². The van der Waals surface area contributed by atoms with E-state index >= 15 is 0 Å². The molecular weight excluding hydrogens is 685 g/mol. The van der Waals surface area contributed by atoms with Crippen LogP contribution < -0.4 is 0 Å². The standard InChI is InChI=1S/C21H17N2.C15H28O2.Ir/c1-13-11-14(2)19-17(12-13)9-10-18-20(16-7-5-4-6-8-16)22-15(3)23-21(18)19;1-7-14(5,8-2)12(16)11-13(17)15(6,9-3)10-4;/h4-7,9-12H,1-3H3;11,16H,7-10H2,1-6H3;/q-1;;/b;12-11-;. The van der Waals surface area contributed by atoms with Gasteiger partial charge < -0.3 is 5.11 Å². The molecule has 3 aromatic carbocycles. The van der Waals surface area contributed by atoms with Crippen molar-refractivity contribution in [1.82, 2.24) is 9.97 Å². The molecule has 1 N–H and O–H groups in total. The van der Waals surface area contributed by atoms with Crippen molar-refractivity contribution in [3.05, 3.63) is 83.4 Å². The summed E-state index contributed by atoms with van der Waals surface area (Å²) >= 11 is 0. The van der Waals surface area contributed by atoms with Crippen LogP contribution in [0.3, 0.4) is 0 Å². The first-order valence-corrected chi connectivity index (χ1v) is 14.5. The maximum absolute atomic E-state index is 12.2. The number of aromatic nitrogens is 2. The van der Waals surface area contributed by atoms with Gasteiger partial charge in [-0.3, -0.25) is 9.78 Å². The number of aliphatic hydroxyl groups excluding tert-OH is 1. The van der Waals surface area contributed by atoms with Crippen LogP contribution in [0.4, 0.5) is 0 Å². The number of ketones is 1. The molecule has 0 aliphatic heterocycles. The molecule has 221 valence electrons. The number of aryl methyl sites for hydroxylation is 3. The molecule has 5 heteroatoms. The number of aliphatic hydroxyl groups is 1. The van der Waals surface area contributed by atoms with Crippen LogP contribution in [-0.2, 0) is 24.9 Å². The molecule has 41 heavy (non-hydrogen) atoms. The van der Waals surface area contributed by atoms with Gasteiger partial charge in [-0.25, -0.2) is 4.98 Å². The van der Waals surface area contributed by atoms with E-state index < -0.39 is 0 Å². The second kappa shape index (κ2) is 14.3. The Morgan fingerprint density at radius 1 is 0.902 bits per heavy atom. The van der Waals surface area contributed by atoms with Crippen LogP contribution in [0.1, 0.15) is 84.2 Å². The second-order valence-electron chi connectivity index (χ2n) is 11.5. The molecule has 0 amide bonds. The molecule has 0 spiro atoms. The maximum atomic E-state index is 12.2. The summed E-state index contributed by atoms with van der Waals surface area (Å²) in [4.78, 5) is 21.6. The third-order valence-corrected chi connectivity index (χ3v) is 8.80. The fraction of sp³-hybridized carbons (Fsp3) is 0.417. The summed E-state index contributed by atoms with van der Waals surface area (Å²) in [5.41, 5.74) is 4.92. The van der Waals surface area contributed by atoms with Crippen molar-refractivity contribution < 1.29 is 30.0 Å². The van der Waals surface area contributed by atoms with Gasteiger partial charge in [-0.2, -0.15) is 0 Å². The number of carbonyl (C=O) groups is 1. The molecule has 0 saturated heterocycles. The molecule has 4 rings (SSSR count). The van der Waals surface area contributed by atoms with E-state index in [1.165, 1.54) is 28.0 Å². The Morgan fingerprint density at radius 3 is 2.10 bits per heavy atom. The molecule has 0 aliphatic rings. The first-order chi connectivity index (χ1) is 18.9. The van der Waals surface area contributed by atoms with Gasteiger partial charge in [0.2, 0.25) is 0 Å². The Hall–Kier alpha value is -2.88. The molecule has 1 aromatic heterocycles. The van der Waals surface area contributed by atoms with Gasteiger partial charge in [-0.15, -0.1) is 35.9 Å². The van der Waals surface area contributed by atoms with Gasteiger partial charge in [-0.05, 0) is 68.5 Å². The van der Waals surface area contributed by atoms with E-state index in [9.17, 15) is 9.90 Å². The number of hydrogen-bond acceptors (Lipinski definition) is 4. The van der Waals surface area contributed by atoms with E-state index in [1.807, 2.05) is 72.7 Å². The average molecular weight is 730 g/mol. The summed E-state index contributed by atoms with van der Waals surface area (Å²) in [7, 11) is 0. The molecule has 1 heterocycles. The summed E-state index contributed by atoms with van der Waals surface area (Å²) in [5.74, 6) is 1.07. The van der Waals surface area contributed by atoms with Gasteiger partial charge in [-0.1, -0.05) is 71.4 Å². The number of hydrogen-bond donors (Lipinski definition) is 1. The molecule has 1 radical (unpaired) electrons. The number of allylic oxidation sites excluding steroid dienone is 2. The summed E-state index contributed by atoms with van der Waals surface area (Å²) in [5, 5.41) is 13.7. The maximum Gasteiger partial charge on any atom is 0.164 e. The van der Waals surface area contributed by atoms with E-state index in [0.29, 0.717) is 0 Å². The Kier molecular flexibility index (Phi) is 12.0. The Bertz CT molecular complexity index is 1520. The van der Waals surface area contributed by atoms with Gasteiger partial charge in [0.1, 0.15) is 11.6 Å². The van der Waals surface area contributed by atoms with Gasteiger partial charge in [0.25, 0.3) is 0 Å². The van der Waals surface area contributed by atoms with Crippen LogP contribution >= 0.6 is 0 Å². The minimum atomic E-state index is -0.337. The van der Waals surface area contributed by atoms with E-state index in [-0.39, 0.29) is 42.5 Å². The summed E-state index contributed by atoms with van der Waals surface area (Å²) < 4.78 is 0. The Morgan fingerprint density at radius 2 is 1.54 bits per heavy atom. The number of benzene rings is 3. The fourth-order valence-corrected chi connectivity index (χ4v) is 4.99. The molecule has 0 saturated carbocycles. The van der Waals surface area contributed by atoms with Crippen LogP contribution in [0.25, 0.3) is 32.9 Å². The predicted molar refractivity (Wildman–Crippen MR) is 169 cm³/mol. The SMILES string of the molecule is CCC(C)(CC)C(=O)/C=C(\O)C(C)(CC)CC.Cc1cc(C)c2c(ccc3c(-c4[c-]cccc4)nc(C)nc32)c1.[Ir]. The van der Waals surface area contributed by atoms with Gasteiger partial charge >= 0.3 is 0 Å². The Balaban J connectivity index is 0.000000296.